The second kappa shape index (κ2) is 7.18. The van der Waals surface area contributed by atoms with Crippen LogP contribution in [0.25, 0.3) is 0 Å². The number of piperidine rings is 1. The van der Waals surface area contributed by atoms with Crippen LogP contribution in [0.3, 0.4) is 0 Å². The van der Waals surface area contributed by atoms with Gasteiger partial charge in [0, 0.05) is 25.8 Å². The summed E-state index contributed by atoms with van der Waals surface area (Å²) in [6.07, 6.45) is 6.19. The Morgan fingerprint density at radius 1 is 1.16 bits per heavy atom. The van der Waals surface area contributed by atoms with Gasteiger partial charge in [0.05, 0.1) is 18.7 Å². The number of morpholine rings is 1. The van der Waals surface area contributed by atoms with Gasteiger partial charge in [-0.2, -0.15) is 4.98 Å². The smallest absolute Gasteiger partial charge is 0.257 e. The van der Waals surface area contributed by atoms with Crippen LogP contribution in [0.4, 0.5) is 5.82 Å². The van der Waals surface area contributed by atoms with Crippen LogP contribution in [0.1, 0.15) is 41.5 Å². The van der Waals surface area contributed by atoms with Crippen molar-refractivity contribution in [3.63, 3.8) is 0 Å². The summed E-state index contributed by atoms with van der Waals surface area (Å²) in [4.78, 5) is 25.7. The molecule has 25 heavy (non-hydrogen) atoms. The van der Waals surface area contributed by atoms with Gasteiger partial charge < -0.3 is 19.1 Å². The Labute approximate surface area is 145 Å². The summed E-state index contributed by atoms with van der Waals surface area (Å²) < 4.78 is 10.5. The summed E-state index contributed by atoms with van der Waals surface area (Å²) in [6, 6.07) is 3.68. The SMILES string of the molecule is O=C(c1cccnc1N1CCCCC1)N1CCOC(c2ncon2)C1. The van der Waals surface area contributed by atoms with Crippen LogP contribution in [0.15, 0.2) is 29.2 Å². The van der Waals surface area contributed by atoms with Crippen molar-refractivity contribution in [1.82, 2.24) is 20.0 Å². The molecule has 0 bridgehead atoms. The molecule has 1 amide bonds. The van der Waals surface area contributed by atoms with E-state index in [1.54, 1.807) is 11.1 Å². The standard InChI is InChI=1S/C17H21N5O3/c23-17(22-9-10-24-14(11-22)15-19-12-25-20-15)13-5-4-6-18-16(13)21-7-2-1-3-8-21/h4-6,12,14H,1-3,7-11H2. The maximum atomic E-state index is 13.1. The average molecular weight is 343 g/mol. The van der Waals surface area contributed by atoms with Crippen LogP contribution in [-0.4, -0.2) is 58.7 Å². The van der Waals surface area contributed by atoms with Crippen LogP contribution in [0.5, 0.6) is 0 Å². The van der Waals surface area contributed by atoms with E-state index >= 15 is 0 Å². The first-order valence-electron chi connectivity index (χ1n) is 8.70. The van der Waals surface area contributed by atoms with E-state index in [1.807, 2.05) is 12.1 Å². The molecule has 0 saturated carbocycles. The second-order valence-corrected chi connectivity index (χ2v) is 6.32. The van der Waals surface area contributed by atoms with Gasteiger partial charge >= 0.3 is 0 Å². The third-order valence-corrected chi connectivity index (χ3v) is 4.69. The van der Waals surface area contributed by atoms with Gasteiger partial charge in [-0.25, -0.2) is 4.98 Å². The van der Waals surface area contributed by atoms with E-state index in [0.717, 1.165) is 31.7 Å². The van der Waals surface area contributed by atoms with Gasteiger partial charge in [-0.3, -0.25) is 4.79 Å². The lowest BCUT2D eigenvalue weighted by atomic mass is 10.1. The fourth-order valence-corrected chi connectivity index (χ4v) is 3.40. The summed E-state index contributed by atoms with van der Waals surface area (Å²) in [7, 11) is 0. The van der Waals surface area contributed by atoms with Gasteiger partial charge in [-0.05, 0) is 31.4 Å². The van der Waals surface area contributed by atoms with Gasteiger partial charge in [0.25, 0.3) is 5.91 Å². The van der Waals surface area contributed by atoms with Crippen LogP contribution in [0.2, 0.25) is 0 Å². The van der Waals surface area contributed by atoms with E-state index in [2.05, 4.69) is 20.0 Å². The number of anilines is 1. The lowest BCUT2D eigenvalue weighted by Gasteiger charge is -2.33. The van der Waals surface area contributed by atoms with E-state index in [-0.39, 0.29) is 12.0 Å². The highest BCUT2D eigenvalue weighted by atomic mass is 16.5. The monoisotopic (exact) mass is 343 g/mol. The number of aromatic nitrogens is 3. The lowest BCUT2D eigenvalue weighted by molar-refractivity contribution is -0.0276. The molecule has 2 saturated heterocycles. The molecule has 0 aliphatic carbocycles. The zero-order valence-corrected chi connectivity index (χ0v) is 14.0. The third-order valence-electron chi connectivity index (χ3n) is 4.69. The molecular weight excluding hydrogens is 322 g/mol. The largest absolute Gasteiger partial charge is 0.366 e. The molecule has 8 heteroatoms. The summed E-state index contributed by atoms with van der Waals surface area (Å²) in [5.74, 6) is 1.24. The molecule has 0 spiro atoms. The summed E-state index contributed by atoms with van der Waals surface area (Å²) >= 11 is 0. The second-order valence-electron chi connectivity index (χ2n) is 6.32. The number of hydrogen-bond acceptors (Lipinski definition) is 7. The number of pyridine rings is 1. The van der Waals surface area contributed by atoms with Crippen molar-refractivity contribution < 1.29 is 14.1 Å². The zero-order valence-electron chi connectivity index (χ0n) is 14.0. The van der Waals surface area contributed by atoms with Crippen molar-refractivity contribution in [3.05, 3.63) is 36.1 Å². The first-order chi connectivity index (χ1) is 12.3. The van der Waals surface area contributed by atoms with E-state index in [0.29, 0.717) is 31.1 Å². The molecule has 2 aliphatic heterocycles. The molecule has 0 radical (unpaired) electrons. The lowest BCUT2D eigenvalue weighted by Crippen LogP contribution is -2.43. The Kier molecular flexibility index (Phi) is 4.60. The van der Waals surface area contributed by atoms with Gasteiger partial charge in [0.1, 0.15) is 11.9 Å². The Morgan fingerprint density at radius 3 is 2.84 bits per heavy atom. The predicted octanol–water partition coefficient (Wildman–Crippen LogP) is 1.67. The van der Waals surface area contributed by atoms with Gasteiger partial charge in [0.2, 0.25) is 12.2 Å². The summed E-state index contributed by atoms with van der Waals surface area (Å²) in [6.45, 7) is 3.30. The molecule has 0 aromatic carbocycles. The quantitative estimate of drug-likeness (QED) is 0.838. The topological polar surface area (TPSA) is 84.6 Å². The molecule has 1 unspecified atom stereocenters. The molecule has 2 fully saturated rings. The number of amides is 1. The highest BCUT2D eigenvalue weighted by Crippen LogP contribution is 2.25. The van der Waals surface area contributed by atoms with Crippen molar-refractivity contribution in [2.24, 2.45) is 0 Å². The molecule has 2 aliphatic rings. The van der Waals surface area contributed by atoms with Crippen LogP contribution < -0.4 is 4.90 Å². The Hall–Kier alpha value is -2.48. The molecule has 132 valence electrons. The minimum Gasteiger partial charge on any atom is -0.366 e. The number of carbonyl (C=O) groups is 1. The predicted molar refractivity (Wildman–Crippen MR) is 89.2 cm³/mol. The van der Waals surface area contributed by atoms with E-state index < -0.39 is 0 Å². The van der Waals surface area contributed by atoms with Crippen molar-refractivity contribution in [2.75, 3.05) is 37.7 Å². The van der Waals surface area contributed by atoms with Crippen molar-refractivity contribution in [3.8, 4) is 0 Å². The highest BCUT2D eigenvalue weighted by molar-refractivity contribution is 5.99. The molecule has 2 aromatic rings. The molecule has 1 atom stereocenters. The van der Waals surface area contributed by atoms with Crippen molar-refractivity contribution >= 4 is 11.7 Å². The minimum absolute atomic E-state index is 0.0227. The first-order valence-corrected chi connectivity index (χ1v) is 8.70. The molecule has 8 nitrogen and oxygen atoms in total. The number of hydrogen-bond donors (Lipinski definition) is 0. The van der Waals surface area contributed by atoms with Gasteiger partial charge in [-0.1, -0.05) is 5.16 Å². The number of rotatable bonds is 3. The number of carbonyl (C=O) groups excluding carboxylic acids is 1. The fraction of sp³-hybridized carbons (Fsp3) is 0.529. The molecule has 4 rings (SSSR count). The Balaban J connectivity index is 1.54. The summed E-state index contributed by atoms with van der Waals surface area (Å²) in [5, 5.41) is 3.83. The van der Waals surface area contributed by atoms with Crippen molar-refractivity contribution in [1.29, 1.82) is 0 Å². The van der Waals surface area contributed by atoms with Gasteiger partial charge in [-0.15, -0.1) is 0 Å². The molecule has 4 heterocycles. The number of nitrogens with zero attached hydrogens (tertiary/aromatic N) is 5. The fourth-order valence-electron chi connectivity index (χ4n) is 3.40. The Morgan fingerprint density at radius 2 is 2.04 bits per heavy atom. The zero-order chi connectivity index (χ0) is 17.1. The molecular formula is C17H21N5O3. The van der Waals surface area contributed by atoms with Crippen molar-refractivity contribution in [2.45, 2.75) is 25.4 Å². The molecule has 2 aromatic heterocycles. The van der Waals surface area contributed by atoms with Crippen LogP contribution in [-0.2, 0) is 4.74 Å². The Bertz CT molecular complexity index is 715. The number of ether oxygens (including phenoxy) is 1. The molecule has 0 N–H and O–H groups in total. The summed E-state index contributed by atoms with van der Waals surface area (Å²) in [5.41, 5.74) is 0.651. The normalized spacial score (nSPS) is 21.4. The van der Waals surface area contributed by atoms with Crippen LogP contribution >= 0.6 is 0 Å². The van der Waals surface area contributed by atoms with E-state index in [1.165, 1.54) is 12.8 Å². The van der Waals surface area contributed by atoms with E-state index in [4.69, 9.17) is 9.26 Å². The van der Waals surface area contributed by atoms with E-state index in [9.17, 15) is 4.79 Å². The first kappa shape index (κ1) is 16.0. The highest BCUT2D eigenvalue weighted by Gasteiger charge is 2.30. The maximum Gasteiger partial charge on any atom is 0.257 e. The van der Waals surface area contributed by atoms with Crippen LogP contribution in [0, 0.1) is 0 Å². The average Bonchev–Trinajstić information content (AvgIpc) is 3.23. The maximum absolute atomic E-state index is 13.1. The van der Waals surface area contributed by atoms with Gasteiger partial charge in [0.15, 0.2) is 0 Å². The minimum atomic E-state index is -0.355. The third kappa shape index (κ3) is 3.34.